The first-order chi connectivity index (χ1) is 14.0. The monoisotopic (exact) mass is 383 g/mol. The topological polar surface area (TPSA) is 43.1 Å². The van der Waals surface area contributed by atoms with Crippen molar-refractivity contribution < 1.29 is 9.18 Å². The molecule has 0 fully saturated rings. The average molecular weight is 383 g/mol. The molecule has 2 aliphatic rings. The van der Waals surface area contributed by atoms with Gasteiger partial charge in [-0.25, -0.2) is 4.39 Å². The number of Topliss-reactive ketones (excluding diaryl/α,β-unsaturated/α-hetero) is 1. The number of anilines is 1. The lowest BCUT2D eigenvalue weighted by Gasteiger charge is -2.20. The summed E-state index contributed by atoms with van der Waals surface area (Å²) in [6.45, 7) is 1.93. The van der Waals surface area contributed by atoms with Crippen molar-refractivity contribution in [2.45, 2.75) is 32.6 Å². The van der Waals surface area contributed by atoms with Gasteiger partial charge in [0.1, 0.15) is 5.82 Å². The fraction of sp³-hybridized carbons (Fsp3) is 0.192. The number of nitrogen functional groups attached to an aromatic ring is 1. The van der Waals surface area contributed by atoms with Gasteiger partial charge in [-0.1, -0.05) is 30.3 Å². The molecule has 5 rings (SSSR count). The molecule has 3 heteroatoms. The molecule has 0 saturated heterocycles. The summed E-state index contributed by atoms with van der Waals surface area (Å²) in [5, 5.41) is 3.79. The number of carbonyl (C=O) groups is 1. The van der Waals surface area contributed by atoms with Crippen molar-refractivity contribution in [2.24, 2.45) is 0 Å². The van der Waals surface area contributed by atoms with Crippen molar-refractivity contribution in [3.63, 3.8) is 0 Å². The predicted octanol–water partition coefficient (Wildman–Crippen LogP) is 3.71. The van der Waals surface area contributed by atoms with E-state index in [0.29, 0.717) is 17.3 Å². The number of fused-ring (bicyclic) bond motifs is 4. The Kier molecular flexibility index (Phi) is 4.13. The molecule has 0 aliphatic heterocycles. The maximum atomic E-state index is 14.2. The highest BCUT2D eigenvalue weighted by atomic mass is 19.1. The summed E-state index contributed by atoms with van der Waals surface area (Å²) in [6, 6.07) is 14.9. The number of benzene rings is 3. The van der Waals surface area contributed by atoms with Crippen LogP contribution in [0, 0.1) is 23.2 Å². The second kappa shape index (κ2) is 6.70. The molecule has 2 N–H and O–H groups in total. The Balaban J connectivity index is 1.79. The van der Waals surface area contributed by atoms with E-state index >= 15 is 0 Å². The van der Waals surface area contributed by atoms with Crippen molar-refractivity contribution in [1.82, 2.24) is 0 Å². The molecule has 0 atom stereocenters. The SMILES string of the molecule is Cc1cc(N)ccc1C(=O)C1=c2ccc3c(c2CCC1)CC=c1c(F)cccc1=3. The molecule has 2 aliphatic carbocycles. The maximum Gasteiger partial charge on any atom is 0.189 e. The van der Waals surface area contributed by atoms with Crippen molar-refractivity contribution in [3.05, 3.63) is 97.5 Å². The van der Waals surface area contributed by atoms with Crippen molar-refractivity contribution in [1.29, 1.82) is 0 Å². The highest BCUT2D eigenvalue weighted by Gasteiger charge is 2.22. The first-order valence-electron chi connectivity index (χ1n) is 10.1. The third-order valence-corrected chi connectivity index (χ3v) is 6.23. The molecule has 0 amide bonds. The quantitative estimate of drug-likeness (QED) is 0.542. The highest BCUT2D eigenvalue weighted by molar-refractivity contribution is 6.25. The van der Waals surface area contributed by atoms with E-state index in [2.05, 4.69) is 12.1 Å². The molecule has 0 saturated carbocycles. The van der Waals surface area contributed by atoms with Crippen LogP contribution in [0.25, 0.3) is 11.6 Å². The average Bonchev–Trinajstić information content (AvgIpc) is 2.72. The number of carbonyl (C=O) groups excluding carboxylic acids is 1. The molecular weight excluding hydrogens is 361 g/mol. The van der Waals surface area contributed by atoms with Crippen LogP contribution in [0.5, 0.6) is 0 Å². The molecule has 0 spiro atoms. The van der Waals surface area contributed by atoms with Gasteiger partial charge in [0.15, 0.2) is 5.78 Å². The van der Waals surface area contributed by atoms with Gasteiger partial charge in [0, 0.05) is 22.0 Å². The lowest BCUT2D eigenvalue weighted by molar-refractivity contribution is 0.105. The molecule has 0 aromatic heterocycles. The molecule has 144 valence electrons. The van der Waals surface area contributed by atoms with Crippen LogP contribution >= 0.6 is 0 Å². The predicted molar refractivity (Wildman–Crippen MR) is 114 cm³/mol. The lowest BCUT2D eigenvalue weighted by atomic mass is 9.83. The second-order valence-corrected chi connectivity index (χ2v) is 7.96. The fourth-order valence-electron chi connectivity index (χ4n) is 4.85. The summed E-state index contributed by atoms with van der Waals surface area (Å²) in [5.41, 5.74) is 11.5. The minimum atomic E-state index is -0.174. The van der Waals surface area contributed by atoms with Gasteiger partial charge < -0.3 is 5.73 Å². The Hall–Kier alpha value is -3.20. The zero-order chi connectivity index (χ0) is 20.1. The van der Waals surface area contributed by atoms with Gasteiger partial charge in [0.25, 0.3) is 0 Å². The standard InChI is InChI=1S/C26H22FNO/c1-15-14-16(28)8-9-17(15)26(29)24-6-2-4-18-20-12-13-23-19(5-3-7-25(23)27)21(20)10-11-22(18)24/h3,5,7-11,13-14H,2,4,6,12,28H2,1H3. The van der Waals surface area contributed by atoms with Gasteiger partial charge in [-0.05, 0) is 89.2 Å². The van der Waals surface area contributed by atoms with Crippen LogP contribution in [0.15, 0.2) is 48.5 Å². The van der Waals surface area contributed by atoms with E-state index in [1.165, 1.54) is 17.2 Å². The van der Waals surface area contributed by atoms with E-state index in [1.54, 1.807) is 12.1 Å². The van der Waals surface area contributed by atoms with Crippen molar-refractivity contribution >= 4 is 23.1 Å². The minimum absolute atomic E-state index is 0.0923. The number of aryl methyl sites for hydroxylation is 1. The van der Waals surface area contributed by atoms with Gasteiger partial charge >= 0.3 is 0 Å². The third kappa shape index (κ3) is 2.80. The third-order valence-electron chi connectivity index (χ3n) is 6.23. The Morgan fingerprint density at radius 1 is 0.966 bits per heavy atom. The summed E-state index contributed by atoms with van der Waals surface area (Å²) in [6.07, 6.45) is 5.37. The van der Waals surface area contributed by atoms with Crippen LogP contribution < -0.4 is 16.2 Å². The van der Waals surface area contributed by atoms with E-state index in [0.717, 1.165) is 51.6 Å². The molecule has 0 unspecified atom stereocenters. The lowest BCUT2D eigenvalue weighted by Crippen LogP contribution is -2.26. The summed E-state index contributed by atoms with van der Waals surface area (Å²) in [5.74, 6) is -0.0817. The van der Waals surface area contributed by atoms with Crippen molar-refractivity contribution in [2.75, 3.05) is 5.73 Å². The summed E-state index contributed by atoms with van der Waals surface area (Å²) < 4.78 is 14.2. The smallest absolute Gasteiger partial charge is 0.189 e. The first kappa shape index (κ1) is 17.9. The zero-order valence-electron chi connectivity index (χ0n) is 16.4. The fourth-order valence-corrected chi connectivity index (χ4v) is 4.85. The number of ketones is 1. The number of halogens is 1. The van der Waals surface area contributed by atoms with Crippen LogP contribution in [-0.2, 0) is 12.8 Å². The van der Waals surface area contributed by atoms with Gasteiger partial charge in [0.05, 0.1) is 0 Å². The summed E-state index contributed by atoms with van der Waals surface area (Å²) >= 11 is 0. The molecule has 29 heavy (non-hydrogen) atoms. The first-order valence-corrected chi connectivity index (χ1v) is 10.1. The number of hydrogen-bond donors (Lipinski definition) is 1. The van der Waals surface area contributed by atoms with E-state index in [4.69, 9.17) is 5.73 Å². The van der Waals surface area contributed by atoms with E-state index < -0.39 is 0 Å². The Morgan fingerprint density at radius 2 is 1.79 bits per heavy atom. The summed E-state index contributed by atoms with van der Waals surface area (Å²) in [7, 11) is 0. The second-order valence-electron chi connectivity index (χ2n) is 7.96. The van der Waals surface area contributed by atoms with Crippen LogP contribution in [0.1, 0.15) is 39.9 Å². The number of nitrogens with two attached hydrogens (primary N) is 1. The van der Waals surface area contributed by atoms with Crippen LogP contribution in [0.2, 0.25) is 0 Å². The number of rotatable bonds is 2. The van der Waals surface area contributed by atoms with Crippen LogP contribution in [0.3, 0.4) is 0 Å². The molecule has 3 aromatic carbocycles. The Morgan fingerprint density at radius 3 is 2.62 bits per heavy atom. The molecule has 2 nitrogen and oxygen atoms in total. The van der Waals surface area contributed by atoms with E-state index in [9.17, 15) is 9.18 Å². The zero-order valence-corrected chi connectivity index (χ0v) is 16.4. The van der Waals surface area contributed by atoms with Gasteiger partial charge in [-0.2, -0.15) is 0 Å². The van der Waals surface area contributed by atoms with Crippen molar-refractivity contribution in [3.8, 4) is 0 Å². The molecule has 0 heterocycles. The van der Waals surface area contributed by atoms with E-state index in [-0.39, 0.29) is 11.6 Å². The normalized spacial score (nSPS) is 14.5. The molecule has 0 bridgehead atoms. The maximum absolute atomic E-state index is 14.2. The Bertz CT molecular complexity index is 1400. The molecule has 3 aromatic rings. The van der Waals surface area contributed by atoms with Gasteiger partial charge in [-0.3, -0.25) is 4.79 Å². The highest BCUT2D eigenvalue weighted by Crippen LogP contribution is 2.25. The van der Waals surface area contributed by atoms with Crippen LogP contribution in [-0.4, -0.2) is 5.78 Å². The van der Waals surface area contributed by atoms with Gasteiger partial charge in [0.2, 0.25) is 0 Å². The minimum Gasteiger partial charge on any atom is -0.399 e. The largest absolute Gasteiger partial charge is 0.399 e. The molecule has 0 radical (unpaired) electrons. The van der Waals surface area contributed by atoms with E-state index in [1.807, 2.05) is 31.2 Å². The molecular formula is C26H22FNO. The van der Waals surface area contributed by atoms with Gasteiger partial charge in [-0.15, -0.1) is 0 Å². The number of hydrogen-bond acceptors (Lipinski definition) is 2. The Labute approximate surface area is 168 Å². The van der Waals surface area contributed by atoms with Crippen LogP contribution in [0.4, 0.5) is 10.1 Å². The summed E-state index contributed by atoms with van der Waals surface area (Å²) in [4.78, 5) is 13.4.